The number of thioether (sulfide) groups is 1. The number of carbonyl (C=O) groups excluding carboxylic acids is 1. The van der Waals surface area contributed by atoms with Crippen LogP contribution in [-0.4, -0.2) is 25.3 Å². The van der Waals surface area contributed by atoms with Crippen LogP contribution in [-0.2, 0) is 11.4 Å². The predicted molar refractivity (Wildman–Crippen MR) is 140 cm³/mol. The fourth-order valence-corrected chi connectivity index (χ4v) is 4.77. The Balaban J connectivity index is 1.52. The van der Waals surface area contributed by atoms with Gasteiger partial charge in [-0.25, -0.2) is 9.38 Å². The number of ether oxygens (including phenoxy) is 3. The van der Waals surface area contributed by atoms with Crippen LogP contribution in [0, 0.1) is 9.39 Å². The van der Waals surface area contributed by atoms with Gasteiger partial charge < -0.3 is 19.5 Å². The Hall–Kier alpha value is -3.05. The molecule has 6 nitrogen and oxygen atoms in total. The average Bonchev–Trinajstić information content (AvgIpc) is 3.16. The van der Waals surface area contributed by atoms with E-state index in [2.05, 4.69) is 32.9 Å². The normalized spacial score (nSPS) is 15.5. The standard InChI is InChI=1S/C25H20FIN2O4S/c1-31-19-8-6-18(7-9-19)28-25-29-24(30)22(34-25)13-16-11-20(27)23(21(12-16)32-2)33-14-15-4-3-5-17(26)10-15/h3-13H,14H2,1-2H3,(H,28,29,30)/b22-13+. The molecule has 0 aliphatic carbocycles. The summed E-state index contributed by atoms with van der Waals surface area (Å²) >= 11 is 3.41. The molecule has 174 valence electrons. The summed E-state index contributed by atoms with van der Waals surface area (Å²) in [5, 5.41) is 3.28. The van der Waals surface area contributed by atoms with E-state index in [1.54, 1.807) is 38.5 Å². The van der Waals surface area contributed by atoms with Gasteiger partial charge in [-0.15, -0.1) is 0 Å². The first-order valence-electron chi connectivity index (χ1n) is 10.1. The summed E-state index contributed by atoms with van der Waals surface area (Å²) in [6.07, 6.45) is 1.78. The molecule has 3 aromatic rings. The van der Waals surface area contributed by atoms with Crippen LogP contribution in [0.2, 0.25) is 0 Å². The molecule has 0 spiro atoms. The van der Waals surface area contributed by atoms with Gasteiger partial charge in [0.2, 0.25) is 0 Å². The minimum atomic E-state index is -0.313. The summed E-state index contributed by atoms with van der Waals surface area (Å²) in [7, 11) is 3.15. The van der Waals surface area contributed by atoms with E-state index in [4.69, 9.17) is 14.2 Å². The lowest BCUT2D eigenvalue weighted by atomic mass is 10.2. The van der Waals surface area contributed by atoms with E-state index in [-0.39, 0.29) is 18.3 Å². The van der Waals surface area contributed by atoms with Crippen molar-refractivity contribution >= 4 is 57.2 Å². The van der Waals surface area contributed by atoms with Gasteiger partial charge in [0.25, 0.3) is 5.91 Å². The van der Waals surface area contributed by atoms with Crippen LogP contribution in [0.4, 0.5) is 10.1 Å². The molecule has 1 aliphatic heterocycles. The number of amidine groups is 1. The minimum Gasteiger partial charge on any atom is -0.497 e. The van der Waals surface area contributed by atoms with Gasteiger partial charge in [-0.3, -0.25) is 4.79 Å². The number of nitrogens with zero attached hydrogens (tertiary/aromatic N) is 1. The summed E-state index contributed by atoms with van der Waals surface area (Å²) in [6, 6.07) is 17.2. The average molecular weight is 590 g/mol. The zero-order valence-electron chi connectivity index (χ0n) is 18.3. The van der Waals surface area contributed by atoms with Crippen LogP contribution in [0.15, 0.2) is 70.6 Å². The van der Waals surface area contributed by atoms with Crippen molar-refractivity contribution in [3.05, 3.63) is 86.1 Å². The van der Waals surface area contributed by atoms with Crippen LogP contribution in [0.3, 0.4) is 0 Å². The summed E-state index contributed by atoms with van der Waals surface area (Å²) in [6.45, 7) is 0.202. The maximum absolute atomic E-state index is 13.4. The molecule has 0 bridgehead atoms. The molecule has 0 radical (unpaired) electrons. The topological polar surface area (TPSA) is 69.2 Å². The number of hydrogen-bond donors (Lipinski definition) is 1. The minimum absolute atomic E-state index is 0.202. The van der Waals surface area contributed by atoms with Crippen molar-refractivity contribution in [3.8, 4) is 17.2 Å². The van der Waals surface area contributed by atoms with E-state index in [9.17, 15) is 9.18 Å². The van der Waals surface area contributed by atoms with E-state index in [1.807, 2.05) is 30.3 Å². The van der Waals surface area contributed by atoms with Crippen molar-refractivity contribution in [2.75, 3.05) is 14.2 Å². The number of hydrogen-bond acceptors (Lipinski definition) is 6. The number of amides is 1. The summed E-state index contributed by atoms with van der Waals surface area (Å²) < 4.78 is 30.8. The van der Waals surface area contributed by atoms with Crippen molar-refractivity contribution in [1.82, 2.24) is 5.32 Å². The Morgan fingerprint density at radius 2 is 1.88 bits per heavy atom. The highest BCUT2D eigenvalue weighted by atomic mass is 127. The fraction of sp³-hybridized carbons (Fsp3) is 0.120. The molecule has 3 aromatic carbocycles. The van der Waals surface area contributed by atoms with Gasteiger partial charge in [0, 0.05) is 0 Å². The molecule has 0 atom stereocenters. The smallest absolute Gasteiger partial charge is 0.264 e. The molecule has 1 N–H and O–H groups in total. The number of methoxy groups -OCH3 is 2. The zero-order valence-corrected chi connectivity index (χ0v) is 21.3. The number of aliphatic imine (C=N–C) groups is 1. The Morgan fingerprint density at radius 3 is 2.59 bits per heavy atom. The van der Waals surface area contributed by atoms with Crippen molar-refractivity contribution < 1.29 is 23.4 Å². The number of benzene rings is 3. The highest BCUT2D eigenvalue weighted by Crippen LogP contribution is 2.36. The third kappa shape index (κ3) is 5.89. The summed E-state index contributed by atoms with van der Waals surface area (Å²) in [4.78, 5) is 17.5. The molecular formula is C25H20FIN2O4S. The van der Waals surface area contributed by atoms with Crippen LogP contribution < -0.4 is 19.5 Å². The van der Waals surface area contributed by atoms with E-state index in [0.717, 1.165) is 14.9 Å². The molecule has 1 fully saturated rings. The third-order valence-electron chi connectivity index (χ3n) is 4.78. The van der Waals surface area contributed by atoms with Gasteiger partial charge in [0.15, 0.2) is 16.7 Å². The molecule has 1 heterocycles. The van der Waals surface area contributed by atoms with E-state index in [1.165, 1.54) is 23.9 Å². The third-order valence-corrected chi connectivity index (χ3v) is 6.49. The first-order chi connectivity index (χ1) is 16.4. The SMILES string of the molecule is COc1ccc(N=C2NC(=O)/C(=C\c3cc(I)c(OCc4cccc(F)c4)c(OC)c3)S2)cc1. The quantitative estimate of drug-likeness (QED) is 0.274. The molecular weight excluding hydrogens is 570 g/mol. The second-order valence-electron chi connectivity index (χ2n) is 7.13. The number of carbonyl (C=O) groups is 1. The van der Waals surface area contributed by atoms with Crippen molar-refractivity contribution in [1.29, 1.82) is 0 Å². The van der Waals surface area contributed by atoms with Crippen molar-refractivity contribution in [2.45, 2.75) is 6.61 Å². The second kappa shape index (κ2) is 10.9. The molecule has 1 saturated heterocycles. The maximum Gasteiger partial charge on any atom is 0.264 e. The lowest BCUT2D eigenvalue weighted by Crippen LogP contribution is -2.19. The second-order valence-corrected chi connectivity index (χ2v) is 9.33. The van der Waals surface area contributed by atoms with Crippen LogP contribution in [0.1, 0.15) is 11.1 Å². The summed E-state index contributed by atoms with van der Waals surface area (Å²) in [5.41, 5.74) is 2.20. The van der Waals surface area contributed by atoms with Gasteiger partial charge >= 0.3 is 0 Å². The Bertz CT molecular complexity index is 1280. The summed E-state index contributed by atoms with van der Waals surface area (Å²) in [5.74, 6) is 1.27. The molecule has 9 heteroatoms. The Kier molecular flexibility index (Phi) is 7.73. The first kappa shape index (κ1) is 24.1. The highest BCUT2D eigenvalue weighted by Gasteiger charge is 2.24. The number of nitrogens with one attached hydrogen (secondary N) is 1. The molecule has 0 aromatic heterocycles. The number of rotatable bonds is 7. The van der Waals surface area contributed by atoms with E-state index < -0.39 is 0 Å². The van der Waals surface area contributed by atoms with Gasteiger partial charge in [0.1, 0.15) is 18.2 Å². The van der Waals surface area contributed by atoms with Crippen molar-refractivity contribution in [2.24, 2.45) is 4.99 Å². The van der Waals surface area contributed by atoms with Gasteiger partial charge in [0.05, 0.1) is 28.4 Å². The lowest BCUT2D eigenvalue weighted by molar-refractivity contribution is -0.115. The van der Waals surface area contributed by atoms with Crippen LogP contribution in [0.25, 0.3) is 6.08 Å². The van der Waals surface area contributed by atoms with Gasteiger partial charge in [-0.05, 0) is 100 Å². The maximum atomic E-state index is 13.4. The predicted octanol–water partition coefficient (Wildman–Crippen LogP) is 5.92. The number of halogens is 2. The molecule has 4 rings (SSSR count). The van der Waals surface area contributed by atoms with Crippen LogP contribution in [0.5, 0.6) is 17.2 Å². The molecule has 0 unspecified atom stereocenters. The molecule has 1 aliphatic rings. The molecule has 0 saturated carbocycles. The van der Waals surface area contributed by atoms with E-state index in [0.29, 0.717) is 32.8 Å². The largest absolute Gasteiger partial charge is 0.497 e. The Labute approximate surface area is 214 Å². The van der Waals surface area contributed by atoms with Crippen LogP contribution >= 0.6 is 34.4 Å². The first-order valence-corrected chi connectivity index (χ1v) is 12.0. The lowest BCUT2D eigenvalue weighted by Gasteiger charge is -2.14. The molecule has 1 amide bonds. The zero-order chi connectivity index (χ0) is 24.1. The van der Waals surface area contributed by atoms with Gasteiger partial charge in [-0.2, -0.15) is 0 Å². The molecule has 34 heavy (non-hydrogen) atoms. The van der Waals surface area contributed by atoms with Gasteiger partial charge in [-0.1, -0.05) is 12.1 Å². The van der Waals surface area contributed by atoms with Crippen molar-refractivity contribution in [3.63, 3.8) is 0 Å². The van der Waals surface area contributed by atoms with E-state index >= 15 is 0 Å². The fourth-order valence-electron chi connectivity index (χ4n) is 3.15. The highest BCUT2D eigenvalue weighted by molar-refractivity contribution is 14.1. The monoisotopic (exact) mass is 590 g/mol. The Morgan fingerprint density at radius 1 is 1.09 bits per heavy atom.